The minimum atomic E-state index is -0.317. The largest absolute Gasteiger partial charge is 0.493 e. The molecule has 0 aromatic heterocycles. The summed E-state index contributed by atoms with van der Waals surface area (Å²) in [6.07, 6.45) is 1.14. The van der Waals surface area contributed by atoms with E-state index in [0.29, 0.717) is 45.7 Å². The molecule has 0 unspecified atom stereocenters. The second-order valence-corrected chi connectivity index (χ2v) is 8.33. The fourth-order valence-corrected chi connectivity index (χ4v) is 4.62. The van der Waals surface area contributed by atoms with Gasteiger partial charge in [0.1, 0.15) is 0 Å². The Morgan fingerprint density at radius 3 is 2.30 bits per heavy atom. The van der Waals surface area contributed by atoms with E-state index in [-0.39, 0.29) is 29.9 Å². The van der Waals surface area contributed by atoms with Crippen LogP contribution in [0.25, 0.3) is 0 Å². The van der Waals surface area contributed by atoms with Gasteiger partial charge in [0.05, 0.1) is 24.3 Å². The number of halogens is 2. The monoisotopic (exact) mass is 445 g/mol. The number of rotatable bonds is 4. The fourth-order valence-electron chi connectivity index (χ4n) is 4.32. The Morgan fingerprint density at radius 2 is 1.60 bits per heavy atom. The van der Waals surface area contributed by atoms with Crippen LogP contribution in [0.2, 0.25) is 10.0 Å². The zero-order chi connectivity index (χ0) is 21.4. The molecular formula is C23H21Cl2NO4. The van der Waals surface area contributed by atoms with E-state index >= 15 is 0 Å². The Balaban J connectivity index is 1.70. The van der Waals surface area contributed by atoms with Gasteiger partial charge in [0.25, 0.3) is 0 Å². The zero-order valence-electron chi connectivity index (χ0n) is 16.6. The number of carbonyl (C=O) groups excluding carboxylic acids is 2. The number of allylic oxidation sites excluding steroid dienone is 2. The lowest BCUT2D eigenvalue weighted by Gasteiger charge is -2.34. The molecule has 4 rings (SSSR count). The number of amides is 1. The van der Waals surface area contributed by atoms with E-state index in [1.54, 1.807) is 26.4 Å². The van der Waals surface area contributed by atoms with E-state index in [1.807, 2.05) is 24.3 Å². The van der Waals surface area contributed by atoms with Crippen molar-refractivity contribution < 1.29 is 19.1 Å². The average Bonchev–Trinajstić information content (AvgIpc) is 2.74. The van der Waals surface area contributed by atoms with Gasteiger partial charge in [-0.1, -0.05) is 35.3 Å². The first kappa shape index (κ1) is 20.8. The number of hydrogen-bond acceptors (Lipinski definition) is 4. The smallest absolute Gasteiger partial charge is 0.225 e. The summed E-state index contributed by atoms with van der Waals surface area (Å²) in [4.78, 5) is 25.6. The molecule has 0 bridgehead atoms. The third kappa shape index (κ3) is 3.80. The molecule has 2 aromatic carbocycles. The van der Waals surface area contributed by atoms with Crippen molar-refractivity contribution >= 4 is 34.9 Å². The topological polar surface area (TPSA) is 64.6 Å². The van der Waals surface area contributed by atoms with Gasteiger partial charge in [-0.2, -0.15) is 0 Å². The molecule has 2 atom stereocenters. The van der Waals surface area contributed by atoms with Crippen LogP contribution in [0.4, 0.5) is 0 Å². The highest BCUT2D eigenvalue weighted by Crippen LogP contribution is 2.44. The molecule has 156 valence electrons. The first-order chi connectivity index (χ1) is 14.4. The zero-order valence-corrected chi connectivity index (χ0v) is 18.1. The van der Waals surface area contributed by atoms with Gasteiger partial charge in [-0.3, -0.25) is 9.59 Å². The molecule has 1 heterocycles. The summed E-state index contributed by atoms with van der Waals surface area (Å²) in [5.41, 5.74) is 3.16. The Bertz CT molecular complexity index is 1060. The Labute approximate surface area is 185 Å². The Hall–Kier alpha value is -2.50. The highest BCUT2D eigenvalue weighted by Gasteiger charge is 2.38. The van der Waals surface area contributed by atoms with Crippen LogP contribution < -0.4 is 14.8 Å². The number of methoxy groups -OCH3 is 2. The number of ether oxygens (including phenoxy) is 2. The van der Waals surface area contributed by atoms with E-state index in [0.717, 1.165) is 11.1 Å². The maximum atomic E-state index is 13.2. The van der Waals surface area contributed by atoms with Crippen molar-refractivity contribution in [2.45, 2.75) is 31.1 Å². The molecule has 30 heavy (non-hydrogen) atoms. The highest BCUT2D eigenvalue weighted by atomic mass is 35.5. The van der Waals surface area contributed by atoms with Gasteiger partial charge in [-0.05, 0) is 47.7 Å². The molecule has 2 aliphatic rings. The lowest BCUT2D eigenvalue weighted by molar-refractivity contribution is -0.122. The van der Waals surface area contributed by atoms with E-state index < -0.39 is 0 Å². The Kier molecular flexibility index (Phi) is 5.76. The van der Waals surface area contributed by atoms with Crippen LogP contribution in [0.3, 0.4) is 0 Å². The Morgan fingerprint density at radius 1 is 0.867 bits per heavy atom. The first-order valence-electron chi connectivity index (χ1n) is 9.64. The predicted molar refractivity (Wildman–Crippen MR) is 116 cm³/mol. The summed E-state index contributed by atoms with van der Waals surface area (Å²) in [6.45, 7) is 0. The van der Waals surface area contributed by atoms with Gasteiger partial charge in [0.2, 0.25) is 5.91 Å². The molecule has 2 aromatic rings. The van der Waals surface area contributed by atoms with Crippen molar-refractivity contribution in [2.75, 3.05) is 14.2 Å². The van der Waals surface area contributed by atoms with Crippen molar-refractivity contribution in [1.82, 2.24) is 5.32 Å². The fraction of sp³-hybridized carbons (Fsp3) is 0.304. The molecule has 1 aliphatic carbocycles. The molecule has 5 nitrogen and oxygen atoms in total. The van der Waals surface area contributed by atoms with Crippen molar-refractivity contribution in [3.8, 4) is 11.5 Å². The molecule has 0 spiro atoms. The van der Waals surface area contributed by atoms with Gasteiger partial charge < -0.3 is 14.8 Å². The van der Waals surface area contributed by atoms with E-state index in [2.05, 4.69) is 5.32 Å². The van der Waals surface area contributed by atoms with Crippen LogP contribution in [0.5, 0.6) is 11.5 Å². The molecule has 0 saturated carbocycles. The summed E-state index contributed by atoms with van der Waals surface area (Å²) in [5.74, 6) is 0.807. The minimum absolute atomic E-state index is 0.0344. The number of hydrogen-bond donors (Lipinski definition) is 1. The number of nitrogens with one attached hydrogen (secondary N) is 1. The van der Waals surface area contributed by atoms with Gasteiger partial charge in [-0.25, -0.2) is 0 Å². The van der Waals surface area contributed by atoms with Crippen molar-refractivity contribution in [1.29, 1.82) is 0 Å². The van der Waals surface area contributed by atoms with Crippen LogP contribution in [-0.2, 0) is 9.59 Å². The normalized spacial score (nSPS) is 21.2. The molecule has 1 amide bonds. The van der Waals surface area contributed by atoms with Gasteiger partial charge in [0.15, 0.2) is 17.3 Å². The highest BCUT2D eigenvalue weighted by molar-refractivity contribution is 6.42. The quantitative estimate of drug-likeness (QED) is 0.717. The predicted octanol–water partition coefficient (Wildman–Crippen LogP) is 5.01. The summed E-state index contributed by atoms with van der Waals surface area (Å²) in [7, 11) is 3.16. The van der Waals surface area contributed by atoms with Gasteiger partial charge in [-0.15, -0.1) is 0 Å². The van der Waals surface area contributed by atoms with E-state index in [9.17, 15) is 9.59 Å². The third-order valence-electron chi connectivity index (χ3n) is 5.76. The molecule has 1 aliphatic heterocycles. The van der Waals surface area contributed by atoms with Crippen molar-refractivity contribution in [3.05, 3.63) is 68.8 Å². The van der Waals surface area contributed by atoms with Gasteiger partial charge >= 0.3 is 0 Å². The number of Topliss-reactive ketones (excluding diaryl/α,β-unsaturated/α-hetero) is 1. The van der Waals surface area contributed by atoms with Gasteiger partial charge in [0, 0.05) is 30.0 Å². The maximum absolute atomic E-state index is 13.2. The lowest BCUT2D eigenvalue weighted by Crippen LogP contribution is -2.38. The molecule has 0 saturated heterocycles. The first-order valence-corrected chi connectivity index (χ1v) is 10.4. The SMILES string of the molecule is COc1ccc([C@H]2CC(=O)C3=C(C2)NC(=O)C[C@H]3c2ccc(Cl)c(Cl)c2)cc1OC. The van der Waals surface area contributed by atoms with E-state index in [4.69, 9.17) is 32.7 Å². The number of ketones is 1. The maximum Gasteiger partial charge on any atom is 0.225 e. The molecular weight excluding hydrogens is 425 g/mol. The van der Waals surface area contributed by atoms with Crippen molar-refractivity contribution in [2.24, 2.45) is 0 Å². The van der Waals surface area contributed by atoms with E-state index in [1.165, 1.54) is 0 Å². The number of benzene rings is 2. The second kappa shape index (κ2) is 8.32. The standard InChI is InChI=1S/C23H21Cl2NO4/c1-29-20-6-4-12(10-21(20)30-2)14-8-18-23(19(27)9-14)15(11-22(28)26-18)13-3-5-16(24)17(25)7-13/h3-7,10,14-15H,8-9,11H2,1-2H3,(H,26,28)/t14-,15+/m1/s1. The number of carbonyl (C=O) groups is 2. The summed E-state index contributed by atoms with van der Waals surface area (Å²) < 4.78 is 10.7. The lowest BCUT2D eigenvalue weighted by atomic mass is 9.73. The summed E-state index contributed by atoms with van der Waals surface area (Å²) in [5, 5.41) is 3.78. The summed E-state index contributed by atoms with van der Waals surface area (Å²) in [6, 6.07) is 10.9. The second-order valence-electron chi connectivity index (χ2n) is 7.51. The van der Waals surface area contributed by atoms with Crippen molar-refractivity contribution in [3.63, 3.8) is 0 Å². The minimum Gasteiger partial charge on any atom is -0.493 e. The average molecular weight is 446 g/mol. The summed E-state index contributed by atoms with van der Waals surface area (Å²) >= 11 is 12.2. The van der Waals surface area contributed by atoms with Crippen LogP contribution >= 0.6 is 23.2 Å². The third-order valence-corrected chi connectivity index (χ3v) is 6.50. The van der Waals surface area contributed by atoms with Crippen LogP contribution in [-0.4, -0.2) is 25.9 Å². The van der Waals surface area contributed by atoms with Crippen LogP contribution in [0.15, 0.2) is 47.7 Å². The molecule has 0 fully saturated rings. The van der Waals surface area contributed by atoms with Crippen LogP contribution in [0, 0.1) is 0 Å². The molecule has 0 radical (unpaired) electrons. The molecule has 7 heteroatoms. The van der Waals surface area contributed by atoms with Crippen LogP contribution in [0.1, 0.15) is 42.2 Å². The molecule has 1 N–H and O–H groups in total.